The first-order valence-corrected chi connectivity index (χ1v) is 10.2. The lowest BCUT2D eigenvalue weighted by molar-refractivity contribution is 0.0726. The van der Waals surface area contributed by atoms with Crippen LogP contribution in [0.2, 0.25) is 0 Å². The molecule has 2 aromatic rings. The minimum Gasteiger partial charge on any atom is -0.420 e. The molecule has 3 nitrogen and oxygen atoms in total. The maximum Gasteiger partial charge on any atom is 0.343 e. The molecular weight excluding hydrogens is 372 g/mol. The Morgan fingerprint density at radius 2 is 1.76 bits per heavy atom. The van der Waals surface area contributed by atoms with Crippen molar-refractivity contribution in [1.82, 2.24) is 0 Å². The van der Waals surface area contributed by atoms with Gasteiger partial charge in [0.25, 0.3) is 0 Å². The van der Waals surface area contributed by atoms with Crippen LogP contribution < -0.4 is 4.74 Å². The highest BCUT2D eigenvalue weighted by Gasteiger charge is 2.23. The molecular formula is C24H25F2NO2. The number of halogens is 2. The quantitative estimate of drug-likeness (QED) is 0.412. The minimum atomic E-state index is -1.34. The van der Waals surface area contributed by atoms with Crippen molar-refractivity contribution in [2.45, 2.75) is 57.8 Å². The van der Waals surface area contributed by atoms with E-state index in [2.05, 4.69) is 6.92 Å². The Balaban J connectivity index is 1.61. The third-order valence-corrected chi connectivity index (χ3v) is 5.80. The fourth-order valence-electron chi connectivity index (χ4n) is 4.02. The van der Waals surface area contributed by atoms with E-state index in [-0.39, 0.29) is 5.56 Å². The molecule has 1 fully saturated rings. The van der Waals surface area contributed by atoms with Crippen LogP contribution in [0.4, 0.5) is 8.78 Å². The van der Waals surface area contributed by atoms with Gasteiger partial charge in [-0.2, -0.15) is 9.65 Å². The molecule has 0 unspecified atom stereocenters. The number of unbranched alkanes of at least 4 members (excludes halogenated alkanes) is 1. The Hall–Kier alpha value is -2.74. The molecule has 0 saturated heterocycles. The highest BCUT2D eigenvalue weighted by atomic mass is 19.2. The predicted molar refractivity (Wildman–Crippen MR) is 107 cm³/mol. The Morgan fingerprint density at radius 3 is 2.38 bits per heavy atom. The van der Waals surface area contributed by atoms with Crippen LogP contribution in [0.5, 0.6) is 5.75 Å². The summed E-state index contributed by atoms with van der Waals surface area (Å²) >= 11 is 0. The summed E-state index contributed by atoms with van der Waals surface area (Å²) in [6.07, 6.45) is 8.69. The van der Waals surface area contributed by atoms with Crippen LogP contribution in [0.3, 0.4) is 0 Å². The summed E-state index contributed by atoms with van der Waals surface area (Å²) in [5.41, 5.74) is 1.04. The van der Waals surface area contributed by atoms with Crippen LogP contribution in [0.1, 0.15) is 79.3 Å². The first-order chi connectivity index (χ1) is 14.0. The topological polar surface area (TPSA) is 50.1 Å². The summed E-state index contributed by atoms with van der Waals surface area (Å²) in [7, 11) is 0. The first-order valence-electron chi connectivity index (χ1n) is 10.2. The molecule has 1 aliphatic rings. The van der Waals surface area contributed by atoms with E-state index in [1.165, 1.54) is 37.7 Å². The summed E-state index contributed by atoms with van der Waals surface area (Å²) in [6.45, 7) is 2.23. The lowest BCUT2D eigenvalue weighted by Crippen LogP contribution is -2.14. The van der Waals surface area contributed by atoms with Gasteiger partial charge < -0.3 is 4.74 Å². The maximum atomic E-state index is 13.9. The Kier molecular flexibility index (Phi) is 6.98. The van der Waals surface area contributed by atoms with E-state index in [0.29, 0.717) is 5.92 Å². The van der Waals surface area contributed by atoms with Gasteiger partial charge in [0.15, 0.2) is 11.6 Å². The molecule has 1 saturated carbocycles. The number of benzene rings is 2. The summed E-state index contributed by atoms with van der Waals surface area (Å²) in [5, 5.41) is 8.72. The van der Waals surface area contributed by atoms with Gasteiger partial charge in [-0.15, -0.1) is 0 Å². The number of ether oxygens (including phenoxy) is 1. The lowest BCUT2D eigenvalue weighted by Gasteiger charge is -2.28. The van der Waals surface area contributed by atoms with E-state index in [4.69, 9.17) is 10.00 Å². The number of hydrogen-bond donors (Lipinski definition) is 0. The normalized spacial score (nSPS) is 18.8. The molecule has 3 rings (SSSR count). The van der Waals surface area contributed by atoms with Gasteiger partial charge >= 0.3 is 5.97 Å². The fraction of sp³-hybridized carbons (Fsp3) is 0.417. The standard InChI is InChI=1S/C24H25F2NO2/c1-2-3-4-16-5-7-17(8-6-16)18-9-11-19(12-10-18)24(28)29-21-14-13-20(15-27)22(25)23(21)26/h9-14,16-17H,2-8H2,1H3. The molecule has 2 aromatic carbocycles. The van der Waals surface area contributed by atoms with Crippen molar-refractivity contribution in [2.24, 2.45) is 5.92 Å². The number of nitriles is 1. The molecule has 152 valence electrons. The largest absolute Gasteiger partial charge is 0.420 e. The Morgan fingerprint density at radius 1 is 1.07 bits per heavy atom. The average Bonchev–Trinajstić information content (AvgIpc) is 2.76. The van der Waals surface area contributed by atoms with Crippen LogP contribution >= 0.6 is 0 Å². The van der Waals surface area contributed by atoms with Gasteiger partial charge in [-0.05, 0) is 67.3 Å². The zero-order valence-electron chi connectivity index (χ0n) is 16.6. The highest BCUT2D eigenvalue weighted by molar-refractivity contribution is 5.91. The molecule has 1 aliphatic carbocycles. The van der Waals surface area contributed by atoms with Crippen molar-refractivity contribution in [2.75, 3.05) is 0 Å². The van der Waals surface area contributed by atoms with Crippen LogP contribution in [-0.4, -0.2) is 5.97 Å². The van der Waals surface area contributed by atoms with E-state index in [1.807, 2.05) is 12.1 Å². The molecule has 0 atom stereocenters. The van der Waals surface area contributed by atoms with Gasteiger partial charge in [0.1, 0.15) is 6.07 Å². The van der Waals surface area contributed by atoms with E-state index in [1.54, 1.807) is 18.2 Å². The van der Waals surface area contributed by atoms with Crippen LogP contribution in [0.25, 0.3) is 0 Å². The number of esters is 1. The first kappa shape index (κ1) is 21.0. The number of rotatable bonds is 6. The second kappa shape index (κ2) is 9.65. The fourth-order valence-corrected chi connectivity index (χ4v) is 4.02. The molecule has 0 spiro atoms. The number of carbonyl (C=O) groups is 1. The smallest absolute Gasteiger partial charge is 0.343 e. The third kappa shape index (κ3) is 5.00. The number of hydrogen-bond acceptors (Lipinski definition) is 3. The van der Waals surface area contributed by atoms with Crippen molar-refractivity contribution in [3.63, 3.8) is 0 Å². The summed E-state index contributed by atoms with van der Waals surface area (Å²) in [5.74, 6) is -2.61. The molecule has 0 heterocycles. The molecule has 0 amide bonds. The number of carbonyl (C=O) groups excluding carboxylic acids is 1. The van der Waals surface area contributed by atoms with Gasteiger partial charge in [-0.1, -0.05) is 38.3 Å². The van der Waals surface area contributed by atoms with Crippen molar-refractivity contribution in [3.8, 4) is 11.8 Å². The van der Waals surface area contributed by atoms with Crippen molar-refractivity contribution >= 4 is 5.97 Å². The summed E-state index contributed by atoms with van der Waals surface area (Å²) in [6, 6.07) is 10.9. The van der Waals surface area contributed by atoms with Gasteiger partial charge in [-0.3, -0.25) is 0 Å². The Bertz CT molecular complexity index is 894. The average molecular weight is 397 g/mol. The van der Waals surface area contributed by atoms with Gasteiger partial charge in [0, 0.05) is 0 Å². The van der Waals surface area contributed by atoms with Crippen molar-refractivity contribution < 1.29 is 18.3 Å². The molecule has 0 aromatic heterocycles. The van der Waals surface area contributed by atoms with E-state index < -0.39 is 28.9 Å². The summed E-state index contributed by atoms with van der Waals surface area (Å²) < 4.78 is 32.6. The zero-order chi connectivity index (χ0) is 20.8. The van der Waals surface area contributed by atoms with E-state index in [0.717, 1.165) is 30.9 Å². The molecule has 29 heavy (non-hydrogen) atoms. The monoisotopic (exact) mass is 397 g/mol. The summed E-state index contributed by atoms with van der Waals surface area (Å²) in [4.78, 5) is 12.3. The van der Waals surface area contributed by atoms with Crippen LogP contribution in [0.15, 0.2) is 36.4 Å². The second-order valence-corrected chi connectivity index (χ2v) is 7.72. The zero-order valence-corrected chi connectivity index (χ0v) is 16.6. The Labute approximate surface area is 170 Å². The van der Waals surface area contributed by atoms with Gasteiger partial charge in [-0.25, -0.2) is 9.18 Å². The van der Waals surface area contributed by atoms with Gasteiger partial charge in [0.2, 0.25) is 5.82 Å². The minimum absolute atomic E-state index is 0.273. The number of nitrogens with zero attached hydrogens (tertiary/aromatic N) is 1. The van der Waals surface area contributed by atoms with E-state index in [9.17, 15) is 13.6 Å². The van der Waals surface area contributed by atoms with Crippen molar-refractivity contribution in [3.05, 3.63) is 64.7 Å². The third-order valence-electron chi connectivity index (χ3n) is 5.80. The highest BCUT2D eigenvalue weighted by Crippen LogP contribution is 2.37. The molecule has 0 aliphatic heterocycles. The van der Waals surface area contributed by atoms with Gasteiger partial charge in [0.05, 0.1) is 11.1 Å². The molecule has 0 radical (unpaired) electrons. The maximum absolute atomic E-state index is 13.9. The van der Waals surface area contributed by atoms with Crippen LogP contribution in [-0.2, 0) is 0 Å². The molecule has 5 heteroatoms. The second-order valence-electron chi connectivity index (χ2n) is 7.72. The lowest BCUT2D eigenvalue weighted by atomic mass is 9.77. The van der Waals surface area contributed by atoms with E-state index >= 15 is 0 Å². The predicted octanol–water partition coefficient (Wildman–Crippen LogP) is 6.52. The van der Waals surface area contributed by atoms with Crippen LogP contribution in [0, 0.1) is 28.9 Å². The SMILES string of the molecule is CCCCC1CCC(c2ccc(C(=O)Oc3ccc(C#N)c(F)c3F)cc2)CC1. The molecule has 0 N–H and O–H groups in total. The van der Waals surface area contributed by atoms with Crippen molar-refractivity contribution in [1.29, 1.82) is 5.26 Å². The molecule has 0 bridgehead atoms.